The van der Waals surface area contributed by atoms with Gasteiger partial charge >= 0.3 is 0 Å². The third-order valence-corrected chi connectivity index (χ3v) is 2.84. The third-order valence-electron chi connectivity index (χ3n) is 2.84. The number of rotatable bonds is 5. The van der Waals surface area contributed by atoms with E-state index in [1.165, 1.54) is 18.5 Å². The van der Waals surface area contributed by atoms with Gasteiger partial charge in [0.1, 0.15) is 0 Å². The molecule has 1 amide bonds. The highest BCUT2D eigenvalue weighted by molar-refractivity contribution is 5.94. The number of pyridine rings is 1. The fourth-order valence-corrected chi connectivity index (χ4v) is 1.71. The monoisotopic (exact) mass is 299 g/mol. The van der Waals surface area contributed by atoms with Gasteiger partial charge in [-0.2, -0.15) is 5.10 Å². The van der Waals surface area contributed by atoms with Gasteiger partial charge in [-0.25, -0.2) is 5.43 Å². The first-order chi connectivity index (χ1) is 10.6. The minimum Gasteiger partial charge on any atom is -0.504 e. The minimum absolute atomic E-state index is 0.0637. The van der Waals surface area contributed by atoms with Crippen LogP contribution in [0.15, 0.2) is 41.6 Å². The number of carbonyl (C=O) groups is 1. The van der Waals surface area contributed by atoms with Crippen molar-refractivity contribution in [2.24, 2.45) is 5.10 Å². The van der Waals surface area contributed by atoms with Gasteiger partial charge in [-0.05, 0) is 49.7 Å². The molecular weight excluding hydrogens is 282 g/mol. The van der Waals surface area contributed by atoms with Crippen molar-refractivity contribution in [1.82, 2.24) is 10.4 Å². The van der Waals surface area contributed by atoms with Crippen LogP contribution in [0.2, 0.25) is 0 Å². The van der Waals surface area contributed by atoms with Gasteiger partial charge in [0.15, 0.2) is 11.5 Å². The van der Waals surface area contributed by atoms with Crippen LogP contribution < -0.4 is 10.2 Å². The average molecular weight is 299 g/mol. The number of nitrogens with zero attached hydrogens (tertiary/aromatic N) is 2. The van der Waals surface area contributed by atoms with E-state index in [0.29, 0.717) is 23.5 Å². The van der Waals surface area contributed by atoms with E-state index in [1.54, 1.807) is 24.3 Å². The number of carbonyl (C=O) groups excluding carboxylic acids is 1. The number of hydrazone groups is 1. The van der Waals surface area contributed by atoms with Crippen LogP contribution in [0, 0.1) is 6.92 Å². The third kappa shape index (κ3) is 4.05. The second-order valence-electron chi connectivity index (χ2n) is 4.55. The van der Waals surface area contributed by atoms with Gasteiger partial charge < -0.3 is 9.84 Å². The molecule has 2 rings (SSSR count). The molecule has 22 heavy (non-hydrogen) atoms. The van der Waals surface area contributed by atoms with E-state index >= 15 is 0 Å². The number of aromatic hydroxyl groups is 1. The largest absolute Gasteiger partial charge is 0.504 e. The number of nitrogens with one attached hydrogen (secondary N) is 1. The van der Waals surface area contributed by atoms with Gasteiger partial charge in [-0.15, -0.1) is 0 Å². The van der Waals surface area contributed by atoms with Crippen LogP contribution >= 0.6 is 0 Å². The summed E-state index contributed by atoms with van der Waals surface area (Å²) >= 11 is 0. The zero-order valence-corrected chi connectivity index (χ0v) is 12.4. The summed E-state index contributed by atoms with van der Waals surface area (Å²) in [6, 6.07) is 8.26. The molecule has 6 heteroatoms. The van der Waals surface area contributed by atoms with Crippen LogP contribution in [0.4, 0.5) is 0 Å². The predicted octanol–water partition coefficient (Wildman–Crippen LogP) is 2.26. The van der Waals surface area contributed by atoms with E-state index in [9.17, 15) is 9.90 Å². The van der Waals surface area contributed by atoms with Crippen molar-refractivity contribution in [3.63, 3.8) is 0 Å². The molecule has 0 unspecified atom stereocenters. The number of benzene rings is 1. The van der Waals surface area contributed by atoms with E-state index in [-0.39, 0.29) is 11.7 Å². The van der Waals surface area contributed by atoms with Crippen molar-refractivity contribution in [3.05, 3.63) is 53.3 Å². The Bertz CT molecular complexity index is 682. The summed E-state index contributed by atoms with van der Waals surface area (Å²) in [5.41, 5.74) is 4.39. The molecule has 114 valence electrons. The molecule has 0 aliphatic carbocycles. The fourth-order valence-electron chi connectivity index (χ4n) is 1.71. The fraction of sp³-hybridized carbons (Fsp3) is 0.188. The van der Waals surface area contributed by atoms with Crippen LogP contribution in [0.1, 0.15) is 28.5 Å². The molecule has 1 aromatic heterocycles. The van der Waals surface area contributed by atoms with Crippen molar-refractivity contribution in [3.8, 4) is 11.5 Å². The maximum Gasteiger partial charge on any atom is 0.272 e. The van der Waals surface area contributed by atoms with E-state index in [0.717, 1.165) is 5.69 Å². The SMILES string of the molecule is CCOc1cc(/C=N\NC(=O)c2ccc(C)nc2)ccc1O. The number of ether oxygens (including phenoxy) is 1. The quantitative estimate of drug-likeness (QED) is 0.655. The molecule has 1 heterocycles. The maximum atomic E-state index is 11.8. The molecular formula is C16H17N3O3. The summed E-state index contributed by atoms with van der Waals surface area (Å²) in [6.07, 6.45) is 2.97. The first-order valence-electron chi connectivity index (χ1n) is 6.82. The highest BCUT2D eigenvalue weighted by Gasteiger charge is 2.04. The van der Waals surface area contributed by atoms with Gasteiger partial charge in [0, 0.05) is 11.9 Å². The van der Waals surface area contributed by atoms with Crippen LogP contribution in [-0.2, 0) is 0 Å². The Hall–Kier alpha value is -2.89. The van der Waals surface area contributed by atoms with Crippen LogP contribution in [0.25, 0.3) is 0 Å². The zero-order valence-electron chi connectivity index (χ0n) is 12.4. The first-order valence-corrected chi connectivity index (χ1v) is 6.82. The number of amides is 1. The molecule has 0 radical (unpaired) electrons. The van der Waals surface area contributed by atoms with Crippen LogP contribution in [-0.4, -0.2) is 28.8 Å². The highest BCUT2D eigenvalue weighted by atomic mass is 16.5. The van der Waals surface area contributed by atoms with E-state index in [2.05, 4.69) is 15.5 Å². The Morgan fingerprint density at radius 2 is 2.23 bits per heavy atom. The smallest absolute Gasteiger partial charge is 0.272 e. The maximum absolute atomic E-state index is 11.8. The van der Waals surface area contributed by atoms with Gasteiger partial charge in [-0.3, -0.25) is 9.78 Å². The lowest BCUT2D eigenvalue weighted by molar-refractivity contribution is 0.0955. The minimum atomic E-state index is -0.340. The second-order valence-corrected chi connectivity index (χ2v) is 4.55. The van der Waals surface area contributed by atoms with E-state index in [4.69, 9.17) is 4.74 Å². The average Bonchev–Trinajstić information content (AvgIpc) is 2.51. The molecule has 1 aromatic carbocycles. The number of hydrogen-bond acceptors (Lipinski definition) is 5. The molecule has 0 aliphatic rings. The van der Waals surface area contributed by atoms with Crippen molar-refractivity contribution < 1.29 is 14.6 Å². The molecule has 0 saturated carbocycles. The summed E-state index contributed by atoms with van der Waals surface area (Å²) < 4.78 is 5.28. The lowest BCUT2D eigenvalue weighted by Crippen LogP contribution is -2.17. The summed E-state index contributed by atoms with van der Waals surface area (Å²) in [5, 5.41) is 13.5. The zero-order chi connectivity index (χ0) is 15.9. The lowest BCUT2D eigenvalue weighted by Gasteiger charge is -2.06. The standard InChI is InChI=1S/C16H17N3O3/c1-3-22-15-8-12(5-7-14(15)20)9-18-19-16(21)13-6-4-11(2)17-10-13/h4-10,20H,3H2,1-2H3,(H,19,21)/b18-9-. The number of phenolic OH excluding ortho intramolecular Hbond substituents is 1. The van der Waals surface area contributed by atoms with Gasteiger partial charge in [-0.1, -0.05) is 0 Å². The molecule has 0 aliphatic heterocycles. The Morgan fingerprint density at radius 3 is 2.91 bits per heavy atom. The Labute approximate surface area is 128 Å². The van der Waals surface area contributed by atoms with Crippen molar-refractivity contribution in [2.75, 3.05) is 6.61 Å². The van der Waals surface area contributed by atoms with Gasteiger partial charge in [0.25, 0.3) is 5.91 Å². The molecule has 0 atom stereocenters. The summed E-state index contributed by atoms with van der Waals surface area (Å²) in [5.74, 6) is 0.0989. The van der Waals surface area contributed by atoms with Crippen molar-refractivity contribution in [2.45, 2.75) is 13.8 Å². The van der Waals surface area contributed by atoms with Gasteiger partial charge in [0.2, 0.25) is 0 Å². The summed E-state index contributed by atoms with van der Waals surface area (Å²) in [6.45, 7) is 4.13. The van der Waals surface area contributed by atoms with E-state index < -0.39 is 0 Å². The first kappa shape index (κ1) is 15.5. The molecule has 6 nitrogen and oxygen atoms in total. The molecule has 0 bridgehead atoms. The normalized spacial score (nSPS) is 10.6. The van der Waals surface area contributed by atoms with Crippen molar-refractivity contribution >= 4 is 12.1 Å². The Balaban J connectivity index is 2.01. The van der Waals surface area contributed by atoms with Gasteiger partial charge in [0.05, 0.1) is 18.4 Å². The van der Waals surface area contributed by atoms with Crippen molar-refractivity contribution in [1.29, 1.82) is 0 Å². The molecule has 2 aromatic rings. The Kier molecular flexibility index (Phi) is 5.08. The second kappa shape index (κ2) is 7.21. The molecule has 0 saturated heterocycles. The number of hydrogen-bond donors (Lipinski definition) is 2. The topological polar surface area (TPSA) is 83.8 Å². The van der Waals surface area contributed by atoms with Crippen LogP contribution in [0.5, 0.6) is 11.5 Å². The lowest BCUT2D eigenvalue weighted by atomic mass is 10.2. The number of aryl methyl sites for hydroxylation is 1. The molecule has 2 N–H and O–H groups in total. The molecule has 0 spiro atoms. The summed E-state index contributed by atoms with van der Waals surface area (Å²) in [7, 11) is 0. The Morgan fingerprint density at radius 1 is 1.41 bits per heavy atom. The van der Waals surface area contributed by atoms with Crippen LogP contribution in [0.3, 0.4) is 0 Å². The number of phenols is 1. The highest BCUT2D eigenvalue weighted by Crippen LogP contribution is 2.26. The molecule has 0 fully saturated rings. The predicted molar refractivity (Wildman–Crippen MR) is 83.3 cm³/mol. The van der Waals surface area contributed by atoms with E-state index in [1.807, 2.05) is 13.8 Å². The number of aromatic nitrogens is 1. The summed E-state index contributed by atoms with van der Waals surface area (Å²) in [4.78, 5) is 15.9.